The summed E-state index contributed by atoms with van der Waals surface area (Å²) in [5.41, 5.74) is 1.11. The van der Waals surface area contributed by atoms with E-state index in [1.165, 1.54) is 18.1 Å². The largest absolute Gasteiger partial charge is 1.00 e. The van der Waals surface area contributed by atoms with Gasteiger partial charge in [-0.05, 0) is 13.3 Å². The molecule has 2 aliphatic rings. The number of nitrogens with one attached hydrogen (secondary N) is 2. The van der Waals surface area contributed by atoms with Gasteiger partial charge in [-0.2, -0.15) is 5.10 Å². The molecule has 2 N–H and O–H groups in total. The van der Waals surface area contributed by atoms with Gasteiger partial charge in [0.15, 0.2) is 5.65 Å². The quantitative estimate of drug-likeness (QED) is 0.294. The molecule has 2 atom stereocenters. The number of aromatic nitrogens is 4. The fourth-order valence-electron chi connectivity index (χ4n) is 2.86. The maximum Gasteiger partial charge on any atom is 1.00 e. The van der Waals surface area contributed by atoms with Gasteiger partial charge in [-0.1, -0.05) is 11.8 Å². The van der Waals surface area contributed by atoms with Crippen LogP contribution in [0.3, 0.4) is 0 Å². The van der Waals surface area contributed by atoms with Crippen LogP contribution in [0.2, 0.25) is 0 Å². The molecule has 0 aromatic carbocycles. The minimum Gasteiger partial charge on any atom is -0.543 e. The fourth-order valence-corrected chi connectivity index (χ4v) is 4.97. The van der Waals surface area contributed by atoms with Crippen molar-refractivity contribution in [1.82, 2.24) is 30.4 Å². The molecule has 27 heavy (non-hydrogen) atoms. The summed E-state index contributed by atoms with van der Waals surface area (Å²) in [5, 5.41) is 22.0. The smallest absolute Gasteiger partial charge is 0.543 e. The van der Waals surface area contributed by atoms with Crippen LogP contribution in [0.1, 0.15) is 13.3 Å². The molecular formula is C15H15N6NaO3S2. The number of aromatic amines is 1. The molecule has 0 spiro atoms. The van der Waals surface area contributed by atoms with Gasteiger partial charge >= 0.3 is 29.6 Å². The molecule has 2 aliphatic heterocycles. The maximum atomic E-state index is 12.6. The number of H-pyrrole nitrogens is 1. The number of carbonyl (C=O) groups excluding carboxylic acids is 2. The van der Waals surface area contributed by atoms with Gasteiger partial charge in [0.2, 0.25) is 5.91 Å². The van der Waals surface area contributed by atoms with Crippen molar-refractivity contribution in [3.8, 4) is 0 Å². The SMILES string of the molecule is C[C@H](Sc1ncnc2[nH]ncc12)C(=O)NC1=C(C(=O)[O-])N2CCC2SC1.[Na+]. The topological polar surface area (TPSA) is 127 Å². The number of nitrogens with zero attached hydrogens (tertiary/aromatic N) is 4. The van der Waals surface area contributed by atoms with Crippen molar-refractivity contribution in [1.29, 1.82) is 0 Å². The minimum atomic E-state index is -1.25. The minimum absolute atomic E-state index is 0. The van der Waals surface area contributed by atoms with E-state index in [4.69, 9.17) is 0 Å². The van der Waals surface area contributed by atoms with E-state index in [0.717, 1.165) is 11.8 Å². The van der Waals surface area contributed by atoms with Crippen molar-refractivity contribution in [2.45, 2.75) is 29.0 Å². The molecule has 4 heterocycles. The zero-order chi connectivity index (χ0) is 18.3. The summed E-state index contributed by atoms with van der Waals surface area (Å²) >= 11 is 2.90. The number of rotatable bonds is 5. The van der Waals surface area contributed by atoms with Gasteiger partial charge in [-0.25, -0.2) is 9.97 Å². The van der Waals surface area contributed by atoms with Gasteiger partial charge in [0.1, 0.15) is 11.4 Å². The summed E-state index contributed by atoms with van der Waals surface area (Å²) in [6.07, 6.45) is 3.97. The Morgan fingerprint density at radius 1 is 1.48 bits per heavy atom. The van der Waals surface area contributed by atoms with Gasteiger partial charge in [0, 0.05) is 12.3 Å². The molecule has 1 amide bonds. The van der Waals surface area contributed by atoms with Gasteiger partial charge < -0.3 is 20.1 Å². The van der Waals surface area contributed by atoms with E-state index >= 15 is 0 Å². The maximum absolute atomic E-state index is 12.6. The summed E-state index contributed by atoms with van der Waals surface area (Å²) in [5.74, 6) is -1.08. The first-order valence-corrected chi connectivity index (χ1v) is 9.91. The number of thioether (sulfide) groups is 2. The molecule has 2 aromatic heterocycles. The summed E-state index contributed by atoms with van der Waals surface area (Å²) in [6.45, 7) is 2.42. The third-order valence-corrected chi connectivity index (χ3v) is 6.74. The van der Waals surface area contributed by atoms with E-state index in [-0.39, 0.29) is 46.5 Å². The molecule has 136 valence electrons. The van der Waals surface area contributed by atoms with Crippen molar-refractivity contribution in [3.05, 3.63) is 23.9 Å². The summed E-state index contributed by atoms with van der Waals surface area (Å²) < 4.78 is 0. The number of carbonyl (C=O) groups is 2. The second-order valence-electron chi connectivity index (χ2n) is 5.92. The van der Waals surface area contributed by atoms with E-state index in [9.17, 15) is 14.7 Å². The molecule has 4 rings (SSSR count). The third-order valence-electron chi connectivity index (χ3n) is 4.29. The Kier molecular flexibility index (Phi) is 6.36. The number of carboxylic acid groups (broad SMARTS) is 1. The normalized spacial score (nSPS) is 19.7. The Labute approximate surface area is 185 Å². The Morgan fingerprint density at radius 2 is 2.30 bits per heavy atom. The van der Waals surface area contributed by atoms with Gasteiger partial charge in [-0.3, -0.25) is 9.89 Å². The zero-order valence-electron chi connectivity index (χ0n) is 14.8. The van der Waals surface area contributed by atoms with Crippen molar-refractivity contribution in [2.75, 3.05) is 12.3 Å². The van der Waals surface area contributed by atoms with Crippen LogP contribution < -0.4 is 40.0 Å². The number of carboxylic acids is 1. The number of aliphatic carboxylic acids is 1. The fraction of sp³-hybridized carbons (Fsp3) is 0.400. The molecule has 1 fully saturated rings. The predicted molar refractivity (Wildman–Crippen MR) is 94.7 cm³/mol. The standard InChI is InChI=1S/C15H16N6O3S2.Na/c1-7(26-14-8-4-18-20-12(8)16-6-17-14)13(22)19-9-5-25-10-2-3-21(10)11(9)15(23)24;/h4,6-7,10H,2-3,5H2,1H3,(H,19,22)(H,23,24)(H,16,17,18,20);/q;+1/p-1/t7-,10?;/m0./s1. The first-order chi connectivity index (χ1) is 12.5. The number of hydrogen-bond acceptors (Lipinski definition) is 9. The van der Waals surface area contributed by atoms with Gasteiger partial charge in [0.25, 0.3) is 0 Å². The van der Waals surface area contributed by atoms with E-state index in [2.05, 4.69) is 25.5 Å². The Balaban J connectivity index is 0.00000210. The van der Waals surface area contributed by atoms with Crippen LogP contribution in [0.4, 0.5) is 0 Å². The second kappa shape index (κ2) is 8.39. The van der Waals surface area contributed by atoms with E-state index in [1.807, 2.05) is 0 Å². The third kappa shape index (κ3) is 3.97. The number of amides is 1. The van der Waals surface area contributed by atoms with Crippen LogP contribution in [0.25, 0.3) is 11.0 Å². The molecule has 9 nitrogen and oxygen atoms in total. The molecule has 0 aliphatic carbocycles. The molecular weight excluding hydrogens is 399 g/mol. The van der Waals surface area contributed by atoms with Crippen molar-refractivity contribution < 1.29 is 44.3 Å². The van der Waals surface area contributed by atoms with Crippen LogP contribution in [-0.4, -0.2) is 59.9 Å². The van der Waals surface area contributed by atoms with Crippen LogP contribution >= 0.6 is 23.5 Å². The Morgan fingerprint density at radius 3 is 3.00 bits per heavy atom. The Hall–Kier alpha value is -1.27. The van der Waals surface area contributed by atoms with Crippen LogP contribution in [0.5, 0.6) is 0 Å². The van der Waals surface area contributed by atoms with E-state index in [1.54, 1.807) is 29.8 Å². The van der Waals surface area contributed by atoms with Crippen LogP contribution in [-0.2, 0) is 9.59 Å². The zero-order valence-corrected chi connectivity index (χ0v) is 18.4. The van der Waals surface area contributed by atoms with Gasteiger partial charge in [0.05, 0.1) is 39.6 Å². The second-order valence-corrected chi connectivity index (χ2v) is 8.42. The summed E-state index contributed by atoms with van der Waals surface area (Å²) in [7, 11) is 0. The first kappa shape index (κ1) is 20.5. The molecule has 12 heteroatoms. The van der Waals surface area contributed by atoms with Crippen LogP contribution in [0.15, 0.2) is 28.9 Å². The average molecular weight is 414 g/mol. The van der Waals surface area contributed by atoms with Gasteiger partial charge in [-0.15, -0.1) is 11.8 Å². The molecule has 1 saturated heterocycles. The molecule has 2 aromatic rings. The number of fused-ring (bicyclic) bond motifs is 2. The molecule has 1 unspecified atom stereocenters. The van der Waals surface area contributed by atoms with E-state index in [0.29, 0.717) is 28.7 Å². The van der Waals surface area contributed by atoms with Crippen molar-refractivity contribution in [3.63, 3.8) is 0 Å². The monoisotopic (exact) mass is 414 g/mol. The Bertz CT molecular complexity index is 920. The molecule has 0 bridgehead atoms. The van der Waals surface area contributed by atoms with E-state index < -0.39 is 11.2 Å². The number of hydrogen-bond donors (Lipinski definition) is 2. The summed E-state index contributed by atoms with van der Waals surface area (Å²) in [6, 6.07) is 0. The molecule has 0 radical (unpaired) electrons. The average Bonchev–Trinajstić information content (AvgIpc) is 3.06. The van der Waals surface area contributed by atoms with Crippen molar-refractivity contribution in [2.24, 2.45) is 0 Å². The van der Waals surface area contributed by atoms with Crippen molar-refractivity contribution >= 4 is 46.4 Å². The predicted octanol–water partition coefficient (Wildman–Crippen LogP) is -3.31. The first-order valence-electron chi connectivity index (χ1n) is 7.99. The molecule has 0 saturated carbocycles. The van der Waals surface area contributed by atoms with Crippen LogP contribution in [0, 0.1) is 0 Å². The summed E-state index contributed by atoms with van der Waals surface area (Å²) in [4.78, 5) is 34.1.